The average Bonchev–Trinajstić information content (AvgIpc) is 2.82. The third-order valence-corrected chi connectivity index (χ3v) is 3.15. The Morgan fingerprint density at radius 1 is 1.44 bits per heavy atom. The van der Waals surface area contributed by atoms with Crippen molar-refractivity contribution >= 4 is 22.9 Å². The minimum absolute atomic E-state index is 0.0369. The number of anilines is 1. The molecule has 2 rings (SSSR count). The van der Waals surface area contributed by atoms with Crippen molar-refractivity contribution in [3.63, 3.8) is 0 Å². The highest BCUT2D eigenvalue weighted by Gasteiger charge is 2.02. The summed E-state index contributed by atoms with van der Waals surface area (Å²) in [5.74, 6) is -0.0369. The number of rotatable bonds is 5. The molecule has 0 radical (unpaired) electrons. The van der Waals surface area contributed by atoms with Crippen molar-refractivity contribution in [3.8, 4) is 0 Å². The second kappa shape index (κ2) is 6.28. The second-order valence-electron chi connectivity index (χ2n) is 3.99. The number of hydrogen-bond donors (Lipinski definition) is 2. The molecule has 1 heterocycles. The van der Waals surface area contributed by atoms with E-state index in [1.807, 2.05) is 31.2 Å². The van der Waals surface area contributed by atoms with Gasteiger partial charge in [0.1, 0.15) is 0 Å². The fourth-order valence-electron chi connectivity index (χ4n) is 1.56. The van der Waals surface area contributed by atoms with Gasteiger partial charge in [-0.15, -0.1) is 11.3 Å². The molecule has 0 fully saturated rings. The average molecular weight is 261 g/mol. The van der Waals surface area contributed by atoms with Gasteiger partial charge in [0.25, 0.3) is 0 Å². The van der Waals surface area contributed by atoms with Crippen LogP contribution in [0.15, 0.2) is 36.0 Å². The molecule has 0 atom stereocenters. The third-order valence-electron chi connectivity index (χ3n) is 2.37. The smallest absolute Gasteiger partial charge is 0.238 e. The molecule has 0 aliphatic carbocycles. The van der Waals surface area contributed by atoms with Gasteiger partial charge in [-0.05, 0) is 24.6 Å². The van der Waals surface area contributed by atoms with Crippen LogP contribution < -0.4 is 10.6 Å². The quantitative estimate of drug-likeness (QED) is 0.867. The highest BCUT2D eigenvalue weighted by atomic mass is 32.1. The lowest BCUT2D eigenvalue weighted by molar-refractivity contribution is -0.115. The maximum atomic E-state index is 11.7. The number of nitrogens with zero attached hydrogens (tertiary/aromatic N) is 1. The van der Waals surface area contributed by atoms with Crippen LogP contribution in [0.1, 0.15) is 10.4 Å². The molecule has 2 aromatic rings. The van der Waals surface area contributed by atoms with E-state index in [2.05, 4.69) is 15.6 Å². The van der Waals surface area contributed by atoms with Crippen LogP contribution >= 0.6 is 11.3 Å². The van der Waals surface area contributed by atoms with Crippen molar-refractivity contribution in [1.29, 1.82) is 0 Å². The van der Waals surface area contributed by atoms with Crippen molar-refractivity contribution in [2.45, 2.75) is 13.5 Å². The van der Waals surface area contributed by atoms with E-state index in [1.165, 1.54) is 0 Å². The molecule has 0 spiro atoms. The van der Waals surface area contributed by atoms with Crippen LogP contribution in [0.3, 0.4) is 0 Å². The first-order valence-electron chi connectivity index (χ1n) is 5.68. The zero-order valence-electron chi connectivity index (χ0n) is 10.1. The SMILES string of the molecule is Cc1cccc(NC(=O)CNCc2cncs2)c1. The van der Waals surface area contributed by atoms with E-state index in [0.717, 1.165) is 16.1 Å². The Labute approximate surface area is 110 Å². The van der Waals surface area contributed by atoms with Gasteiger partial charge in [0, 0.05) is 23.3 Å². The van der Waals surface area contributed by atoms with Gasteiger partial charge in [-0.3, -0.25) is 9.78 Å². The van der Waals surface area contributed by atoms with E-state index in [4.69, 9.17) is 0 Å². The normalized spacial score (nSPS) is 10.3. The fourth-order valence-corrected chi connectivity index (χ4v) is 2.12. The lowest BCUT2D eigenvalue weighted by atomic mass is 10.2. The van der Waals surface area contributed by atoms with Crippen LogP contribution in [-0.2, 0) is 11.3 Å². The van der Waals surface area contributed by atoms with E-state index in [-0.39, 0.29) is 5.91 Å². The number of benzene rings is 1. The maximum absolute atomic E-state index is 11.7. The van der Waals surface area contributed by atoms with Crippen LogP contribution in [0.2, 0.25) is 0 Å². The first-order valence-corrected chi connectivity index (χ1v) is 6.56. The van der Waals surface area contributed by atoms with Crippen LogP contribution in [0, 0.1) is 6.92 Å². The van der Waals surface area contributed by atoms with E-state index in [0.29, 0.717) is 13.1 Å². The van der Waals surface area contributed by atoms with E-state index in [1.54, 1.807) is 23.0 Å². The number of amides is 1. The molecule has 1 amide bonds. The number of aryl methyl sites for hydroxylation is 1. The van der Waals surface area contributed by atoms with Gasteiger partial charge in [-0.25, -0.2) is 0 Å². The van der Waals surface area contributed by atoms with Gasteiger partial charge >= 0.3 is 0 Å². The lowest BCUT2D eigenvalue weighted by Crippen LogP contribution is -2.27. The summed E-state index contributed by atoms with van der Waals surface area (Å²) in [6, 6.07) is 7.75. The summed E-state index contributed by atoms with van der Waals surface area (Å²) in [6.07, 6.45) is 1.80. The number of hydrogen-bond acceptors (Lipinski definition) is 4. The Kier molecular flexibility index (Phi) is 4.44. The fraction of sp³-hybridized carbons (Fsp3) is 0.231. The summed E-state index contributed by atoms with van der Waals surface area (Å²) in [7, 11) is 0. The summed E-state index contributed by atoms with van der Waals surface area (Å²) in [5, 5.41) is 5.93. The Bertz CT molecular complexity index is 511. The lowest BCUT2D eigenvalue weighted by Gasteiger charge is -2.06. The summed E-state index contributed by atoms with van der Waals surface area (Å²) < 4.78 is 0. The van der Waals surface area contributed by atoms with Crippen molar-refractivity contribution in [1.82, 2.24) is 10.3 Å². The summed E-state index contributed by atoms with van der Waals surface area (Å²) >= 11 is 1.58. The molecule has 0 bridgehead atoms. The van der Waals surface area contributed by atoms with E-state index >= 15 is 0 Å². The number of carbonyl (C=O) groups excluding carboxylic acids is 1. The molecule has 0 saturated carbocycles. The monoisotopic (exact) mass is 261 g/mol. The molecule has 0 aliphatic heterocycles. The molecule has 4 nitrogen and oxygen atoms in total. The van der Waals surface area contributed by atoms with Crippen LogP contribution in [-0.4, -0.2) is 17.4 Å². The van der Waals surface area contributed by atoms with Crippen molar-refractivity contribution in [3.05, 3.63) is 46.4 Å². The Hall–Kier alpha value is -1.72. The molecule has 0 saturated heterocycles. The van der Waals surface area contributed by atoms with Gasteiger partial charge < -0.3 is 10.6 Å². The number of carbonyl (C=O) groups is 1. The zero-order chi connectivity index (χ0) is 12.8. The number of thiazole rings is 1. The molecule has 2 N–H and O–H groups in total. The highest BCUT2D eigenvalue weighted by Crippen LogP contribution is 2.09. The van der Waals surface area contributed by atoms with Crippen LogP contribution in [0.25, 0.3) is 0 Å². The van der Waals surface area contributed by atoms with Gasteiger partial charge in [-0.1, -0.05) is 12.1 Å². The molecular formula is C13H15N3OS. The zero-order valence-corrected chi connectivity index (χ0v) is 11.0. The topological polar surface area (TPSA) is 54.0 Å². The van der Waals surface area contributed by atoms with Crippen molar-refractivity contribution < 1.29 is 4.79 Å². The predicted octanol–water partition coefficient (Wildman–Crippen LogP) is 2.18. The largest absolute Gasteiger partial charge is 0.325 e. The van der Waals surface area contributed by atoms with Gasteiger partial charge in [0.05, 0.1) is 12.1 Å². The number of aromatic nitrogens is 1. The molecule has 5 heteroatoms. The molecule has 1 aromatic heterocycles. The molecular weight excluding hydrogens is 246 g/mol. The van der Waals surface area contributed by atoms with Crippen LogP contribution in [0.4, 0.5) is 5.69 Å². The Balaban J connectivity index is 1.75. The maximum Gasteiger partial charge on any atom is 0.238 e. The first-order chi connectivity index (χ1) is 8.74. The molecule has 1 aromatic carbocycles. The summed E-state index contributed by atoms with van der Waals surface area (Å²) in [4.78, 5) is 16.8. The standard InChI is InChI=1S/C13H15N3OS/c1-10-3-2-4-11(5-10)16-13(17)8-14-6-12-7-15-9-18-12/h2-5,7,9,14H,6,8H2,1H3,(H,16,17). The summed E-state index contributed by atoms with van der Waals surface area (Å²) in [6.45, 7) is 2.97. The molecule has 94 valence electrons. The van der Waals surface area contributed by atoms with Gasteiger partial charge in [0.15, 0.2) is 0 Å². The molecule has 0 aliphatic rings. The van der Waals surface area contributed by atoms with Crippen molar-refractivity contribution in [2.75, 3.05) is 11.9 Å². The van der Waals surface area contributed by atoms with Crippen molar-refractivity contribution in [2.24, 2.45) is 0 Å². The van der Waals surface area contributed by atoms with Crippen LogP contribution in [0.5, 0.6) is 0 Å². The third kappa shape index (κ3) is 3.94. The molecule has 18 heavy (non-hydrogen) atoms. The minimum Gasteiger partial charge on any atom is -0.325 e. The highest BCUT2D eigenvalue weighted by molar-refractivity contribution is 7.09. The summed E-state index contributed by atoms with van der Waals surface area (Å²) in [5.41, 5.74) is 3.74. The Morgan fingerprint density at radius 3 is 3.06 bits per heavy atom. The predicted molar refractivity (Wildman–Crippen MR) is 73.6 cm³/mol. The second-order valence-corrected chi connectivity index (χ2v) is 4.96. The van der Waals surface area contributed by atoms with E-state index < -0.39 is 0 Å². The van der Waals surface area contributed by atoms with Gasteiger partial charge in [-0.2, -0.15) is 0 Å². The molecule has 0 unspecified atom stereocenters. The van der Waals surface area contributed by atoms with E-state index in [9.17, 15) is 4.79 Å². The Morgan fingerprint density at radius 2 is 2.33 bits per heavy atom. The minimum atomic E-state index is -0.0369. The number of nitrogens with one attached hydrogen (secondary N) is 2. The first kappa shape index (κ1) is 12.7. The van der Waals surface area contributed by atoms with Gasteiger partial charge in [0.2, 0.25) is 5.91 Å².